The Morgan fingerprint density at radius 3 is 1.46 bits per heavy atom. The van der Waals surface area contributed by atoms with Crippen LogP contribution in [0.4, 0.5) is 5.69 Å². The molecule has 3 aromatic carbocycles. The predicted molar refractivity (Wildman–Crippen MR) is 106 cm³/mol. The highest BCUT2D eigenvalue weighted by molar-refractivity contribution is 5.48. The van der Waals surface area contributed by atoms with Crippen molar-refractivity contribution < 1.29 is 4.92 Å². The van der Waals surface area contributed by atoms with Crippen LogP contribution >= 0.6 is 0 Å². The Morgan fingerprint density at radius 1 is 0.654 bits per heavy atom. The van der Waals surface area contributed by atoms with Gasteiger partial charge in [0.2, 0.25) is 0 Å². The van der Waals surface area contributed by atoms with Gasteiger partial charge >= 0.3 is 0 Å². The summed E-state index contributed by atoms with van der Waals surface area (Å²) in [6.45, 7) is 8.45. The fourth-order valence-corrected chi connectivity index (χ4v) is 3.25. The third-order valence-corrected chi connectivity index (χ3v) is 5.17. The molecule has 0 spiro atoms. The van der Waals surface area contributed by atoms with Crippen molar-refractivity contribution in [1.29, 1.82) is 0 Å². The molecule has 0 saturated heterocycles. The quantitative estimate of drug-likeness (QED) is 0.330. The van der Waals surface area contributed by atoms with E-state index in [9.17, 15) is 10.1 Å². The second kappa shape index (κ2) is 7.12. The van der Waals surface area contributed by atoms with E-state index in [0.29, 0.717) is 0 Å². The van der Waals surface area contributed by atoms with Crippen LogP contribution < -0.4 is 0 Å². The molecule has 3 heteroatoms. The number of nitro groups is 1. The smallest absolute Gasteiger partial charge is 0.258 e. The van der Waals surface area contributed by atoms with E-state index in [-0.39, 0.29) is 16.5 Å². The molecule has 0 unspecified atom stereocenters. The van der Waals surface area contributed by atoms with Crippen LogP contribution in [0.3, 0.4) is 0 Å². The number of nitrogens with zero attached hydrogens (tertiary/aromatic N) is 1. The normalized spacial score (nSPS) is 11.0. The molecule has 0 aromatic heterocycles. The highest BCUT2D eigenvalue weighted by Gasteiger charge is 2.19. The molecule has 0 atom stereocenters. The number of benzene rings is 3. The molecule has 0 N–H and O–H groups in total. The zero-order valence-corrected chi connectivity index (χ0v) is 15.6. The summed E-state index contributed by atoms with van der Waals surface area (Å²) in [5.41, 5.74) is 8.59. The Hall–Kier alpha value is -2.94. The summed E-state index contributed by atoms with van der Waals surface area (Å²) >= 11 is 0. The second-order valence-corrected chi connectivity index (χ2v) is 6.97. The van der Waals surface area contributed by atoms with Gasteiger partial charge in [-0.05, 0) is 66.6 Å². The van der Waals surface area contributed by atoms with E-state index in [4.69, 9.17) is 0 Å². The maximum Gasteiger partial charge on any atom is 0.269 e. The first-order valence-electron chi connectivity index (χ1n) is 8.75. The molecule has 0 saturated carbocycles. The summed E-state index contributed by atoms with van der Waals surface area (Å²) in [5.74, 6) is 0.0504. The molecule has 132 valence electrons. The van der Waals surface area contributed by atoms with Crippen molar-refractivity contribution in [2.45, 2.75) is 33.6 Å². The van der Waals surface area contributed by atoms with Crippen LogP contribution in [0.15, 0.2) is 60.7 Å². The Kier molecular flexibility index (Phi) is 4.90. The molecule has 3 rings (SSSR count). The van der Waals surface area contributed by atoms with E-state index >= 15 is 0 Å². The van der Waals surface area contributed by atoms with Gasteiger partial charge in [0.1, 0.15) is 0 Å². The fraction of sp³-hybridized carbons (Fsp3) is 0.217. The van der Waals surface area contributed by atoms with Gasteiger partial charge in [-0.1, -0.05) is 48.5 Å². The molecular weight excluding hydrogens is 322 g/mol. The molecule has 0 aliphatic rings. The number of hydrogen-bond acceptors (Lipinski definition) is 2. The van der Waals surface area contributed by atoms with Gasteiger partial charge in [-0.3, -0.25) is 10.1 Å². The Balaban J connectivity index is 2.15. The first-order valence-corrected chi connectivity index (χ1v) is 8.75. The van der Waals surface area contributed by atoms with Crippen molar-refractivity contribution in [1.82, 2.24) is 0 Å². The molecule has 0 heterocycles. The highest BCUT2D eigenvalue weighted by Crippen LogP contribution is 2.34. The Morgan fingerprint density at radius 2 is 1.08 bits per heavy atom. The van der Waals surface area contributed by atoms with Gasteiger partial charge in [0.15, 0.2) is 0 Å². The van der Waals surface area contributed by atoms with Gasteiger partial charge in [0.25, 0.3) is 5.69 Å². The maximum atomic E-state index is 11.0. The topological polar surface area (TPSA) is 43.1 Å². The Bertz CT molecular complexity index is 907. The molecule has 26 heavy (non-hydrogen) atoms. The van der Waals surface area contributed by atoms with Crippen molar-refractivity contribution in [2.75, 3.05) is 0 Å². The minimum Gasteiger partial charge on any atom is -0.258 e. The zero-order valence-electron chi connectivity index (χ0n) is 15.6. The monoisotopic (exact) mass is 345 g/mol. The van der Waals surface area contributed by atoms with E-state index in [1.54, 1.807) is 12.1 Å². The van der Waals surface area contributed by atoms with Gasteiger partial charge in [0.05, 0.1) is 4.92 Å². The summed E-state index contributed by atoms with van der Waals surface area (Å²) < 4.78 is 0. The largest absolute Gasteiger partial charge is 0.269 e. The van der Waals surface area contributed by atoms with E-state index in [1.165, 1.54) is 33.4 Å². The third-order valence-electron chi connectivity index (χ3n) is 5.17. The number of aryl methyl sites for hydroxylation is 4. The van der Waals surface area contributed by atoms with Crippen molar-refractivity contribution in [3.63, 3.8) is 0 Å². The lowest BCUT2D eigenvalue weighted by Gasteiger charge is -2.21. The van der Waals surface area contributed by atoms with E-state index in [0.717, 1.165) is 5.56 Å². The standard InChI is InChI=1S/C23H23NO2/c1-15-5-7-20(13-17(15)3)23(21-8-6-16(2)18(4)14-21)19-9-11-22(12-10-19)24(25)26/h5-14,23H,1-4H3. The molecule has 0 fully saturated rings. The molecule has 0 bridgehead atoms. The molecule has 0 amide bonds. The Labute approximate surface area is 154 Å². The van der Waals surface area contributed by atoms with Crippen molar-refractivity contribution in [3.8, 4) is 0 Å². The lowest BCUT2D eigenvalue weighted by atomic mass is 9.83. The highest BCUT2D eigenvalue weighted by atomic mass is 16.6. The lowest BCUT2D eigenvalue weighted by Crippen LogP contribution is -2.05. The van der Waals surface area contributed by atoms with Crippen molar-refractivity contribution in [3.05, 3.63) is 110 Å². The first-order chi connectivity index (χ1) is 12.4. The number of hydrogen-bond donors (Lipinski definition) is 0. The molecule has 0 aliphatic heterocycles. The first kappa shape index (κ1) is 17.9. The zero-order chi connectivity index (χ0) is 18.8. The summed E-state index contributed by atoms with van der Waals surface area (Å²) in [6.07, 6.45) is 0. The third kappa shape index (κ3) is 3.52. The molecule has 3 nitrogen and oxygen atoms in total. The van der Waals surface area contributed by atoms with Crippen LogP contribution in [0.5, 0.6) is 0 Å². The van der Waals surface area contributed by atoms with Gasteiger partial charge in [-0.25, -0.2) is 0 Å². The van der Waals surface area contributed by atoms with Gasteiger partial charge in [-0.2, -0.15) is 0 Å². The summed E-state index contributed by atoms with van der Waals surface area (Å²) in [5, 5.41) is 11.0. The average Bonchev–Trinajstić information content (AvgIpc) is 2.62. The SMILES string of the molecule is Cc1ccc(C(c2ccc([N+](=O)[O-])cc2)c2ccc(C)c(C)c2)cc1C. The van der Waals surface area contributed by atoms with Crippen LogP contribution in [0, 0.1) is 37.8 Å². The molecule has 0 aliphatic carbocycles. The van der Waals surface area contributed by atoms with Crippen molar-refractivity contribution in [2.24, 2.45) is 0 Å². The van der Waals surface area contributed by atoms with Crippen LogP contribution in [0.1, 0.15) is 44.9 Å². The number of non-ortho nitro benzene ring substituents is 1. The molecular formula is C23H23NO2. The van der Waals surface area contributed by atoms with Crippen LogP contribution in [0.2, 0.25) is 0 Å². The lowest BCUT2D eigenvalue weighted by molar-refractivity contribution is -0.384. The summed E-state index contributed by atoms with van der Waals surface area (Å²) in [6, 6.07) is 19.9. The predicted octanol–water partition coefficient (Wildman–Crippen LogP) is 6.01. The maximum absolute atomic E-state index is 11.0. The van der Waals surface area contributed by atoms with E-state index in [2.05, 4.69) is 64.1 Å². The fourth-order valence-electron chi connectivity index (χ4n) is 3.25. The molecule has 3 aromatic rings. The van der Waals surface area contributed by atoms with Crippen LogP contribution in [-0.4, -0.2) is 4.92 Å². The van der Waals surface area contributed by atoms with Crippen LogP contribution in [0.25, 0.3) is 0 Å². The van der Waals surface area contributed by atoms with E-state index < -0.39 is 0 Å². The van der Waals surface area contributed by atoms with Crippen LogP contribution in [-0.2, 0) is 0 Å². The van der Waals surface area contributed by atoms with Crippen molar-refractivity contribution >= 4 is 5.69 Å². The number of nitro benzene ring substituents is 1. The van der Waals surface area contributed by atoms with Gasteiger partial charge in [0, 0.05) is 18.1 Å². The summed E-state index contributed by atoms with van der Waals surface area (Å²) in [4.78, 5) is 10.6. The van der Waals surface area contributed by atoms with Gasteiger partial charge < -0.3 is 0 Å². The van der Waals surface area contributed by atoms with Gasteiger partial charge in [-0.15, -0.1) is 0 Å². The van der Waals surface area contributed by atoms with E-state index in [1.807, 2.05) is 12.1 Å². The average molecular weight is 345 g/mol. The second-order valence-electron chi connectivity index (χ2n) is 6.97. The summed E-state index contributed by atoms with van der Waals surface area (Å²) in [7, 11) is 0. The minimum absolute atomic E-state index is 0.0504. The number of rotatable bonds is 4. The molecule has 0 radical (unpaired) electrons. The minimum atomic E-state index is -0.356.